The molecule has 1 amide bonds. The van der Waals surface area contributed by atoms with Gasteiger partial charge in [-0.2, -0.15) is 0 Å². The molecule has 5 nitrogen and oxygen atoms in total. The van der Waals surface area contributed by atoms with Crippen LogP contribution in [0.2, 0.25) is 0 Å². The average molecular weight is 341 g/mol. The van der Waals surface area contributed by atoms with Crippen molar-refractivity contribution in [2.45, 2.75) is 6.92 Å². The molecule has 0 saturated heterocycles. The zero-order valence-corrected chi connectivity index (χ0v) is 15.0. The number of carbonyl (C=O) groups is 1. The number of rotatable bonds is 7. The maximum absolute atomic E-state index is 12.4. The van der Waals surface area contributed by atoms with Crippen LogP contribution in [0.4, 0.5) is 0 Å². The Hall–Kier alpha value is -2.95. The van der Waals surface area contributed by atoms with E-state index in [2.05, 4.69) is 5.32 Å². The Kier molecular flexibility index (Phi) is 6.46. The van der Waals surface area contributed by atoms with Crippen LogP contribution in [0.25, 0.3) is 6.08 Å². The molecule has 0 heterocycles. The summed E-state index contributed by atoms with van der Waals surface area (Å²) in [4.78, 5) is 12.4. The molecule has 0 unspecified atom stereocenters. The minimum atomic E-state index is -0.208. The lowest BCUT2D eigenvalue weighted by Crippen LogP contribution is -2.25. The van der Waals surface area contributed by atoms with Gasteiger partial charge in [-0.05, 0) is 24.6 Å². The molecule has 0 radical (unpaired) electrons. The number of hydrogen-bond acceptors (Lipinski definition) is 4. The third-order valence-electron chi connectivity index (χ3n) is 3.67. The maximum Gasteiger partial charge on any atom is 0.251 e. The predicted molar refractivity (Wildman–Crippen MR) is 98.5 cm³/mol. The summed E-state index contributed by atoms with van der Waals surface area (Å²) in [6.45, 7) is 2.42. The average Bonchev–Trinajstić information content (AvgIpc) is 2.65. The third kappa shape index (κ3) is 4.76. The molecule has 0 aliphatic heterocycles. The SMILES string of the molecule is COc1cc(C(=O)NC/C(C)=C/c2ccccc2)cc(OC)c1OC. The molecule has 0 atom stereocenters. The smallest absolute Gasteiger partial charge is 0.251 e. The second-order valence-corrected chi connectivity index (χ2v) is 5.50. The Labute approximate surface area is 148 Å². The number of hydrogen-bond donors (Lipinski definition) is 1. The molecule has 0 fully saturated rings. The first-order valence-electron chi connectivity index (χ1n) is 7.89. The molecule has 0 aliphatic carbocycles. The second kappa shape index (κ2) is 8.78. The molecule has 0 bridgehead atoms. The number of ether oxygens (including phenoxy) is 3. The van der Waals surface area contributed by atoms with Gasteiger partial charge >= 0.3 is 0 Å². The summed E-state index contributed by atoms with van der Waals surface area (Å²) in [5.74, 6) is 1.15. The van der Waals surface area contributed by atoms with E-state index in [9.17, 15) is 4.79 Å². The Bertz CT molecular complexity index is 729. The van der Waals surface area contributed by atoms with Gasteiger partial charge < -0.3 is 19.5 Å². The van der Waals surface area contributed by atoms with Crippen molar-refractivity contribution < 1.29 is 19.0 Å². The van der Waals surface area contributed by atoms with Crippen LogP contribution in [0.1, 0.15) is 22.8 Å². The maximum atomic E-state index is 12.4. The number of nitrogens with one attached hydrogen (secondary N) is 1. The van der Waals surface area contributed by atoms with E-state index in [0.717, 1.165) is 11.1 Å². The number of methoxy groups -OCH3 is 3. The highest BCUT2D eigenvalue weighted by molar-refractivity contribution is 5.95. The molecule has 1 N–H and O–H groups in total. The first-order chi connectivity index (χ1) is 12.1. The topological polar surface area (TPSA) is 56.8 Å². The van der Waals surface area contributed by atoms with Crippen molar-refractivity contribution in [3.05, 3.63) is 59.2 Å². The van der Waals surface area contributed by atoms with Crippen LogP contribution in [-0.4, -0.2) is 33.8 Å². The van der Waals surface area contributed by atoms with Crippen LogP contribution in [0.15, 0.2) is 48.0 Å². The van der Waals surface area contributed by atoms with Gasteiger partial charge in [-0.25, -0.2) is 0 Å². The molecule has 25 heavy (non-hydrogen) atoms. The highest BCUT2D eigenvalue weighted by Crippen LogP contribution is 2.38. The summed E-state index contributed by atoms with van der Waals surface area (Å²) >= 11 is 0. The monoisotopic (exact) mass is 341 g/mol. The molecule has 132 valence electrons. The van der Waals surface area contributed by atoms with E-state index in [0.29, 0.717) is 29.4 Å². The molecule has 0 aliphatic rings. The van der Waals surface area contributed by atoms with Gasteiger partial charge in [0.1, 0.15) is 0 Å². The van der Waals surface area contributed by atoms with E-state index >= 15 is 0 Å². The van der Waals surface area contributed by atoms with Crippen molar-refractivity contribution in [1.82, 2.24) is 5.32 Å². The van der Waals surface area contributed by atoms with E-state index in [1.165, 1.54) is 21.3 Å². The van der Waals surface area contributed by atoms with E-state index < -0.39 is 0 Å². The fraction of sp³-hybridized carbons (Fsp3) is 0.250. The summed E-state index contributed by atoms with van der Waals surface area (Å²) < 4.78 is 15.8. The van der Waals surface area contributed by atoms with Gasteiger partial charge in [-0.15, -0.1) is 0 Å². The fourth-order valence-electron chi connectivity index (χ4n) is 2.42. The summed E-state index contributed by atoms with van der Waals surface area (Å²) in [5.41, 5.74) is 2.59. The van der Waals surface area contributed by atoms with E-state index in [4.69, 9.17) is 14.2 Å². The van der Waals surface area contributed by atoms with Crippen LogP contribution in [0.3, 0.4) is 0 Å². The van der Waals surface area contributed by atoms with Gasteiger partial charge in [0.15, 0.2) is 11.5 Å². The van der Waals surface area contributed by atoms with Crippen LogP contribution in [-0.2, 0) is 0 Å². The van der Waals surface area contributed by atoms with Crippen LogP contribution in [0.5, 0.6) is 17.2 Å². The highest BCUT2D eigenvalue weighted by atomic mass is 16.5. The summed E-state index contributed by atoms with van der Waals surface area (Å²) in [5, 5.41) is 2.90. The Balaban J connectivity index is 2.11. The van der Waals surface area contributed by atoms with Gasteiger partial charge in [0.2, 0.25) is 5.75 Å². The van der Waals surface area contributed by atoms with Crippen molar-refractivity contribution in [3.63, 3.8) is 0 Å². The molecule has 2 aromatic carbocycles. The molecule has 0 spiro atoms. The lowest BCUT2D eigenvalue weighted by Gasteiger charge is -2.14. The van der Waals surface area contributed by atoms with Gasteiger partial charge in [0, 0.05) is 12.1 Å². The quantitative estimate of drug-likeness (QED) is 0.837. The Morgan fingerprint density at radius 1 is 1.00 bits per heavy atom. The molecule has 0 aromatic heterocycles. The Morgan fingerprint density at radius 2 is 1.60 bits per heavy atom. The van der Waals surface area contributed by atoms with E-state index in [-0.39, 0.29) is 5.91 Å². The molecular formula is C20H23NO4. The highest BCUT2D eigenvalue weighted by Gasteiger charge is 2.16. The van der Waals surface area contributed by atoms with Crippen LogP contribution >= 0.6 is 0 Å². The minimum Gasteiger partial charge on any atom is -0.493 e. The third-order valence-corrected chi connectivity index (χ3v) is 3.67. The first kappa shape index (κ1) is 18.4. The zero-order chi connectivity index (χ0) is 18.2. The van der Waals surface area contributed by atoms with Crippen molar-refractivity contribution >= 4 is 12.0 Å². The zero-order valence-electron chi connectivity index (χ0n) is 15.0. The second-order valence-electron chi connectivity index (χ2n) is 5.50. The lowest BCUT2D eigenvalue weighted by molar-refractivity contribution is 0.0956. The minimum absolute atomic E-state index is 0.208. The van der Waals surface area contributed by atoms with Crippen LogP contribution < -0.4 is 19.5 Å². The molecule has 0 saturated carbocycles. The number of benzene rings is 2. The van der Waals surface area contributed by atoms with Crippen molar-refractivity contribution in [1.29, 1.82) is 0 Å². The van der Waals surface area contributed by atoms with Gasteiger partial charge in [-0.1, -0.05) is 42.0 Å². The largest absolute Gasteiger partial charge is 0.493 e. The first-order valence-corrected chi connectivity index (χ1v) is 7.89. The fourth-order valence-corrected chi connectivity index (χ4v) is 2.42. The number of amides is 1. The van der Waals surface area contributed by atoms with Crippen LogP contribution in [0, 0.1) is 0 Å². The molecule has 2 rings (SSSR count). The lowest BCUT2D eigenvalue weighted by atomic mass is 10.1. The standard InChI is InChI=1S/C20H23NO4/c1-14(10-15-8-6-5-7-9-15)13-21-20(22)16-11-17(23-2)19(25-4)18(12-16)24-3/h5-12H,13H2,1-4H3,(H,21,22)/b14-10+. The van der Waals surface area contributed by atoms with Gasteiger partial charge in [0.25, 0.3) is 5.91 Å². The molecule has 5 heteroatoms. The summed E-state index contributed by atoms with van der Waals surface area (Å²) in [6, 6.07) is 13.2. The number of carbonyl (C=O) groups excluding carboxylic acids is 1. The van der Waals surface area contributed by atoms with Crippen molar-refractivity contribution in [2.24, 2.45) is 0 Å². The van der Waals surface area contributed by atoms with E-state index in [1.807, 2.05) is 43.3 Å². The normalized spacial score (nSPS) is 11.0. The van der Waals surface area contributed by atoms with E-state index in [1.54, 1.807) is 12.1 Å². The Morgan fingerprint density at radius 3 is 2.12 bits per heavy atom. The summed E-state index contributed by atoms with van der Waals surface area (Å²) in [6.07, 6.45) is 2.04. The molecular weight excluding hydrogens is 318 g/mol. The summed E-state index contributed by atoms with van der Waals surface area (Å²) in [7, 11) is 4.56. The molecule has 2 aromatic rings. The van der Waals surface area contributed by atoms with Gasteiger partial charge in [0.05, 0.1) is 21.3 Å². The van der Waals surface area contributed by atoms with Crippen molar-refractivity contribution in [3.8, 4) is 17.2 Å². The predicted octanol–water partition coefficient (Wildman–Crippen LogP) is 3.55. The van der Waals surface area contributed by atoms with Crippen molar-refractivity contribution in [2.75, 3.05) is 27.9 Å². The van der Waals surface area contributed by atoms with Gasteiger partial charge in [-0.3, -0.25) is 4.79 Å².